The molecular formula is C11H15N3S. The smallest absolute Gasteiger partial charge is 0.0663 e. The molecule has 0 saturated heterocycles. The second kappa shape index (κ2) is 3.45. The minimum Gasteiger partial charge on any atom is -0.398 e. The fraction of sp³-hybridized carbons (Fsp3) is 0.364. The van der Waals surface area contributed by atoms with Crippen LogP contribution in [-0.2, 0) is 0 Å². The summed E-state index contributed by atoms with van der Waals surface area (Å²) in [5.74, 6) is 0. The summed E-state index contributed by atoms with van der Waals surface area (Å²) < 4.78 is 0.168. The summed E-state index contributed by atoms with van der Waals surface area (Å²) in [7, 11) is 0. The Morgan fingerprint density at radius 3 is 2.73 bits per heavy atom. The molecule has 0 aliphatic rings. The predicted molar refractivity (Wildman–Crippen MR) is 66.1 cm³/mol. The molecule has 2 rings (SSSR count). The number of nitrogens with one attached hydrogen (secondary N) is 1. The highest BCUT2D eigenvalue weighted by Crippen LogP contribution is 2.37. The van der Waals surface area contributed by atoms with Gasteiger partial charge in [0.2, 0.25) is 0 Å². The predicted octanol–water partition coefficient (Wildman–Crippen LogP) is 3.04. The van der Waals surface area contributed by atoms with Crippen LogP contribution in [0.2, 0.25) is 0 Å². The normalized spacial score (nSPS) is 12.2. The third-order valence-corrected chi connectivity index (χ3v) is 3.17. The monoisotopic (exact) mass is 221 g/mol. The second-order valence-corrected chi connectivity index (χ2v) is 6.43. The van der Waals surface area contributed by atoms with Gasteiger partial charge in [-0.3, -0.25) is 5.10 Å². The van der Waals surface area contributed by atoms with Gasteiger partial charge in [0.1, 0.15) is 0 Å². The number of hydrogen-bond donors (Lipinski definition) is 2. The van der Waals surface area contributed by atoms with E-state index in [1.54, 1.807) is 18.0 Å². The Morgan fingerprint density at radius 2 is 2.07 bits per heavy atom. The van der Waals surface area contributed by atoms with Crippen molar-refractivity contribution in [2.75, 3.05) is 5.73 Å². The van der Waals surface area contributed by atoms with Gasteiger partial charge >= 0.3 is 0 Å². The van der Waals surface area contributed by atoms with Gasteiger partial charge in [-0.15, -0.1) is 11.8 Å². The van der Waals surface area contributed by atoms with E-state index in [0.717, 1.165) is 21.5 Å². The van der Waals surface area contributed by atoms with Gasteiger partial charge in [0.15, 0.2) is 0 Å². The third-order valence-electron chi connectivity index (χ3n) is 1.99. The van der Waals surface area contributed by atoms with Crippen molar-refractivity contribution >= 4 is 28.4 Å². The average Bonchev–Trinajstić information content (AvgIpc) is 2.49. The Bertz CT molecular complexity index is 482. The van der Waals surface area contributed by atoms with Crippen molar-refractivity contribution in [3.63, 3.8) is 0 Å². The lowest BCUT2D eigenvalue weighted by Gasteiger charge is -2.18. The van der Waals surface area contributed by atoms with Crippen LogP contribution in [0.5, 0.6) is 0 Å². The summed E-state index contributed by atoms with van der Waals surface area (Å²) in [5, 5.41) is 8.01. The number of benzene rings is 1. The molecule has 0 aliphatic carbocycles. The van der Waals surface area contributed by atoms with Crippen LogP contribution in [0.3, 0.4) is 0 Å². The fourth-order valence-corrected chi connectivity index (χ4v) is 2.42. The van der Waals surface area contributed by atoms with E-state index in [1.807, 2.05) is 6.07 Å². The summed E-state index contributed by atoms with van der Waals surface area (Å²) in [6.07, 6.45) is 1.79. The van der Waals surface area contributed by atoms with Gasteiger partial charge in [-0.05, 0) is 12.1 Å². The van der Waals surface area contributed by atoms with Crippen molar-refractivity contribution in [3.05, 3.63) is 18.3 Å². The summed E-state index contributed by atoms with van der Waals surface area (Å²) >= 11 is 1.77. The van der Waals surface area contributed by atoms with E-state index >= 15 is 0 Å². The highest BCUT2D eigenvalue weighted by molar-refractivity contribution is 8.00. The number of aromatic amines is 1. The first-order valence-corrected chi connectivity index (χ1v) is 5.69. The van der Waals surface area contributed by atoms with Crippen LogP contribution in [0.4, 0.5) is 5.69 Å². The van der Waals surface area contributed by atoms with Crippen LogP contribution in [-0.4, -0.2) is 14.9 Å². The topological polar surface area (TPSA) is 54.7 Å². The van der Waals surface area contributed by atoms with E-state index in [1.165, 1.54) is 0 Å². The van der Waals surface area contributed by atoms with Crippen LogP contribution in [0, 0.1) is 0 Å². The molecule has 3 N–H and O–H groups in total. The largest absolute Gasteiger partial charge is 0.398 e. The van der Waals surface area contributed by atoms with Crippen molar-refractivity contribution in [1.29, 1.82) is 0 Å². The molecule has 0 amide bonds. The Morgan fingerprint density at radius 1 is 1.33 bits per heavy atom. The Balaban J connectivity index is 2.46. The van der Waals surface area contributed by atoms with Gasteiger partial charge in [0, 0.05) is 20.7 Å². The van der Waals surface area contributed by atoms with Gasteiger partial charge in [-0.1, -0.05) is 20.8 Å². The zero-order chi connectivity index (χ0) is 11.1. The van der Waals surface area contributed by atoms with Gasteiger partial charge in [0.05, 0.1) is 11.7 Å². The van der Waals surface area contributed by atoms with E-state index in [2.05, 4.69) is 37.0 Å². The fourth-order valence-electron chi connectivity index (χ4n) is 1.41. The molecule has 15 heavy (non-hydrogen) atoms. The third kappa shape index (κ3) is 2.26. The molecule has 2 aromatic rings. The lowest BCUT2D eigenvalue weighted by atomic mass is 10.2. The van der Waals surface area contributed by atoms with Crippen molar-refractivity contribution in [1.82, 2.24) is 10.2 Å². The number of thioether (sulfide) groups is 1. The number of nitrogen functional groups attached to an aromatic ring is 1. The maximum Gasteiger partial charge on any atom is 0.0663 e. The van der Waals surface area contributed by atoms with E-state index < -0.39 is 0 Å². The molecule has 1 aromatic carbocycles. The Hall–Kier alpha value is -1.16. The molecule has 1 aromatic heterocycles. The van der Waals surface area contributed by atoms with Crippen molar-refractivity contribution in [2.24, 2.45) is 0 Å². The molecule has 0 saturated carbocycles. The van der Waals surface area contributed by atoms with Crippen molar-refractivity contribution < 1.29 is 0 Å². The lowest BCUT2D eigenvalue weighted by molar-refractivity contribution is 0.803. The second-order valence-electron chi connectivity index (χ2n) is 4.56. The van der Waals surface area contributed by atoms with Crippen LogP contribution >= 0.6 is 11.8 Å². The zero-order valence-corrected chi connectivity index (χ0v) is 9.98. The van der Waals surface area contributed by atoms with Gasteiger partial charge in [-0.25, -0.2) is 0 Å². The quantitative estimate of drug-likeness (QED) is 0.575. The molecule has 80 valence electrons. The van der Waals surface area contributed by atoms with Crippen LogP contribution in [0.25, 0.3) is 10.9 Å². The van der Waals surface area contributed by atoms with E-state index in [9.17, 15) is 0 Å². The number of fused-ring (bicyclic) bond motifs is 1. The molecule has 0 radical (unpaired) electrons. The highest BCUT2D eigenvalue weighted by atomic mass is 32.2. The van der Waals surface area contributed by atoms with Crippen LogP contribution < -0.4 is 5.73 Å². The van der Waals surface area contributed by atoms with E-state index in [-0.39, 0.29) is 4.75 Å². The van der Waals surface area contributed by atoms with Gasteiger partial charge in [0.25, 0.3) is 0 Å². The lowest BCUT2D eigenvalue weighted by Crippen LogP contribution is -2.07. The average molecular weight is 221 g/mol. The van der Waals surface area contributed by atoms with E-state index in [0.29, 0.717) is 0 Å². The molecule has 0 spiro atoms. The molecule has 3 nitrogen and oxygen atoms in total. The molecule has 0 fully saturated rings. The summed E-state index contributed by atoms with van der Waals surface area (Å²) in [5.41, 5.74) is 7.85. The number of H-pyrrole nitrogens is 1. The van der Waals surface area contributed by atoms with Gasteiger partial charge in [-0.2, -0.15) is 5.10 Å². The van der Waals surface area contributed by atoms with Crippen LogP contribution in [0.1, 0.15) is 20.8 Å². The van der Waals surface area contributed by atoms with E-state index in [4.69, 9.17) is 5.73 Å². The SMILES string of the molecule is CC(C)(C)Sc1cc2[nH]ncc2cc1N. The summed E-state index contributed by atoms with van der Waals surface area (Å²) in [6, 6.07) is 4.03. The molecular weight excluding hydrogens is 206 g/mol. The number of hydrogen-bond acceptors (Lipinski definition) is 3. The maximum atomic E-state index is 5.99. The first-order chi connectivity index (χ1) is 6.96. The van der Waals surface area contributed by atoms with Crippen molar-refractivity contribution in [2.45, 2.75) is 30.4 Å². The molecule has 4 heteroatoms. The molecule has 1 heterocycles. The minimum absolute atomic E-state index is 0.168. The highest BCUT2D eigenvalue weighted by Gasteiger charge is 2.14. The number of rotatable bonds is 1. The molecule has 0 atom stereocenters. The standard InChI is InChI=1S/C11H15N3S/c1-11(2,3)15-10-5-9-7(4-8(10)12)6-13-14-9/h4-6H,12H2,1-3H3,(H,13,14). The summed E-state index contributed by atoms with van der Waals surface area (Å²) in [4.78, 5) is 1.11. The molecule has 0 aliphatic heterocycles. The molecule has 0 unspecified atom stereocenters. The maximum absolute atomic E-state index is 5.99. The van der Waals surface area contributed by atoms with Crippen LogP contribution in [0.15, 0.2) is 23.2 Å². The number of aromatic nitrogens is 2. The molecule has 0 bridgehead atoms. The van der Waals surface area contributed by atoms with Gasteiger partial charge < -0.3 is 5.73 Å². The Labute approximate surface area is 93.4 Å². The Kier molecular flexibility index (Phi) is 2.38. The number of nitrogens with two attached hydrogens (primary N) is 1. The number of anilines is 1. The first kappa shape index (κ1) is 10.4. The zero-order valence-electron chi connectivity index (χ0n) is 9.16. The number of nitrogens with zero attached hydrogens (tertiary/aromatic N) is 1. The van der Waals surface area contributed by atoms with Crippen molar-refractivity contribution in [3.8, 4) is 0 Å². The minimum atomic E-state index is 0.168. The first-order valence-electron chi connectivity index (χ1n) is 4.87. The summed E-state index contributed by atoms with van der Waals surface area (Å²) in [6.45, 7) is 6.52.